The van der Waals surface area contributed by atoms with Gasteiger partial charge >= 0.3 is 0 Å². The van der Waals surface area contributed by atoms with Crippen LogP contribution in [-0.2, 0) is 21.4 Å². The molecule has 3 heterocycles. The van der Waals surface area contributed by atoms with E-state index >= 15 is 0 Å². The summed E-state index contributed by atoms with van der Waals surface area (Å²) in [5.74, 6) is 0.179. The lowest BCUT2D eigenvalue weighted by molar-refractivity contribution is -0.132. The second kappa shape index (κ2) is 9.09. The summed E-state index contributed by atoms with van der Waals surface area (Å²) in [6.45, 7) is 5.42. The third-order valence-corrected chi connectivity index (χ3v) is 6.40. The average Bonchev–Trinajstić information content (AvgIpc) is 3.11. The van der Waals surface area contributed by atoms with Gasteiger partial charge in [0, 0.05) is 55.9 Å². The fourth-order valence-electron chi connectivity index (χ4n) is 3.95. The summed E-state index contributed by atoms with van der Waals surface area (Å²) in [4.78, 5) is 21.0. The number of hydrogen-bond donors (Lipinski definition) is 1. The molecular formula is C22H26ClN5O3S. The van der Waals surface area contributed by atoms with Crippen LogP contribution in [-0.4, -0.2) is 65.9 Å². The number of hydrogen-bond acceptors (Lipinski definition) is 5. The highest BCUT2D eigenvalue weighted by atomic mass is 35.5. The number of anilines is 1. The molecule has 170 valence electrons. The number of carbonyl (C=O) groups is 1. The van der Waals surface area contributed by atoms with Gasteiger partial charge in [0.1, 0.15) is 5.65 Å². The van der Waals surface area contributed by atoms with E-state index in [2.05, 4.69) is 9.62 Å². The highest BCUT2D eigenvalue weighted by molar-refractivity contribution is 7.92. The first-order valence-corrected chi connectivity index (χ1v) is 12.8. The predicted octanol–water partition coefficient (Wildman–Crippen LogP) is 3.08. The van der Waals surface area contributed by atoms with Crippen LogP contribution in [0.3, 0.4) is 0 Å². The van der Waals surface area contributed by atoms with Gasteiger partial charge in [0.25, 0.3) is 0 Å². The highest BCUT2D eigenvalue weighted by Gasteiger charge is 2.23. The van der Waals surface area contributed by atoms with Crippen LogP contribution >= 0.6 is 11.6 Å². The zero-order chi connectivity index (χ0) is 22.9. The third kappa shape index (κ3) is 5.06. The number of benzene rings is 1. The second-order valence-electron chi connectivity index (χ2n) is 7.94. The summed E-state index contributed by atoms with van der Waals surface area (Å²) >= 11 is 6.08. The number of aromatic nitrogens is 2. The van der Waals surface area contributed by atoms with E-state index in [9.17, 15) is 13.2 Å². The molecule has 1 aromatic carbocycles. The normalized spacial score (nSPS) is 15.3. The van der Waals surface area contributed by atoms with Gasteiger partial charge in [-0.05, 0) is 24.3 Å². The lowest BCUT2D eigenvalue weighted by Gasteiger charge is -2.34. The summed E-state index contributed by atoms with van der Waals surface area (Å²) in [6.07, 6.45) is 3.40. The van der Waals surface area contributed by atoms with Gasteiger partial charge in [-0.15, -0.1) is 0 Å². The van der Waals surface area contributed by atoms with Crippen molar-refractivity contribution in [3.05, 3.63) is 53.3 Å². The molecule has 10 heteroatoms. The number of pyridine rings is 1. The van der Waals surface area contributed by atoms with E-state index < -0.39 is 10.0 Å². The molecule has 1 fully saturated rings. The Bertz CT molecular complexity index is 1230. The quantitative estimate of drug-likeness (QED) is 0.592. The van der Waals surface area contributed by atoms with E-state index in [-0.39, 0.29) is 5.91 Å². The van der Waals surface area contributed by atoms with Crippen molar-refractivity contribution in [2.45, 2.75) is 19.9 Å². The Balaban J connectivity index is 1.70. The first kappa shape index (κ1) is 22.6. The molecule has 1 aliphatic heterocycles. The van der Waals surface area contributed by atoms with Crippen molar-refractivity contribution >= 4 is 38.9 Å². The Morgan fingerprint density at radius 1 is 1.09 bits per heavy atom. The maximum absolute atomic E-state index is 12.0. The molecule has 1 saturated heterocycles. The van der Waals surface area contributed by atoms with Gasteiger partial charge in [0.05, 0.1) is 23.3 Å². The van der Waals surface area contributed by atoms with Crippen LogP contribution in [0.2, 0.25) is 5.02 Å². The lowest BCUT2D eigenvalue weighted by Crippen LogP contribution is -2.48. The van der Waals surface area contributed by atoms with Gasteiger partial charge in [-0.2, -0.15) is 0 Å². The molecule has 0 aliphatic carbocycles. The minimum absolute atomic E-state index is 0.179. The maximum Gasteiger partial charge on any atom is 0.229 e. The standard InChI is InChI=1S/C22H26ClN5O3S/c1-3-21(29)27-12-10-26(11-13-27)15-19-22(16-4-6-17(23)7-5-16)24-20-9-8-18(14-28(19)20)25-32(2,30)31/h4-9,14,25H,3,10-13,15H2,1-2H3. The third-order valence-electron chi connectivity index (χ3n) is 5.54. The molecule has 0 bridgehead atoms. The van der Waals surface area contributed by atoms with E-state index in [0.717, 1.165) is 41.9 Å². The van der Waals surface area contributed by atoms with Crippen LogP contribution in [0.15, 0.2) is 42.6 Å². The second-order valence-corrected chi connectivity index (χ2v) is 10.1. The molecule has 0 atom stereocenters. The molecule has 1 amide bonds. The maximum atomic E-state index is 12.0. The Kier molecular flexibility index (Phi) is 6.41. The molecule has 4 rings (SSSR count). The van der Waals surface area contributed by atoms with Gasteiger partial charge < -0.3 is 4.90 Å². The zero-order valence-electron chi connectivity index (χ0n) is 18.1. The topological polar surface area (TPSA) is 87.0 Å². The lowest BCUT2D eigenvalue weighted by atomic mass is 10.1. The summed E-state index contributed by atoms with van der Waals surface area (Å²) in [7, 11) is -3.40. The van der Waals surface area contributed by atoms with Crippen LogP contribution in [0.1, 0.15) is 19.0 Å². The monoisotopic (exact) mass is 475 g/mol. The number of fused-ring (bicyclic) bond motifs is 1. The summed E-state index contributed by atoms with van der Waals surface area (Å²) in [5, 5.41) is 0.649. The number of sulfonamides is 1. The van der Waals surface area contributed by atoms with E-state index in [1.807, 2.05) is 40.5 Å². The minimum atomic E-state index is -3.40. The van der Waals surface area contributed by atoms with Crippen molar-refractivity contribution in [2.24, 2.45) is 0 Å². The molecule has 8 nitrogen and oxygen atoms in total. The molecule has 0 saturated carbocycles. The number of carbonyl (C=O) groups excluding carboxylic acids is 1. The van der Waals surface area contributed by atoms with Gasteiger partial charge in [-0.1, -0.05) is 30.7 Å². The van der Waals surface area contributed by atoms with Crippen LogP contribution < -0.4 is 4.72 Å². The molecular weight excluding hydrogens is 450 g/mol. The molecule has 0 unspecified atom stereocenters. The number of nitrogens with one attached hydrogen (secondary N) is 1. The summed E-state index contributed by atoms with van der Waals surface area (Å²) < 4.78 is 27.9. The van der Waals surface area contributed by atoms with Crippen molar-refractivity contribution in [1.29, 1.82) is 0 Å². The fourth-order valence-corrected chi connectivity index (χ4v) is 4.62. The van der Waals surface area contributed by atoms with E-state index in [1.165, 1.54) is 0 Å². The van der Waals surface area contributed by atoms with E-state index in [1.54, 1.807) is 18.3 Å². The summed E-state index contributed by atoms with van der Waals surface area (Å²) in [6, 6.07) is 11.0. The fraction of sp³-hybridized carbons (Fsp3) is 0.364. The number of piperazine rings is 1. The van der Waals surface area contributed by atoms with Crippen molar-refractivity contribution in [3.63, 3.8) is 0 Å². The van der Waals surface area contributed by atoms with Gasteiger partial charge in [-0.25, -0.2) is 13.4 Å². The molecule has 0 radical (unpaired) electrons. The van der Waals surface area contributed by atoms with E-state index in [4.69, 9.17) is 16.6 Å². The molecule has 32 heavy (non-hydrogen) atoms. The van der Waals surface area contributed by atoms with Gasteiger partial charge in [-0.3, -0.25) is 18.8 Å². The average molecular weight is 476 g/mol. The van der Waals surface area contributed by atoms with Gasteiger partial charge in [0.15, 0.2) is 0 Å². The molecule has 1 aliphatic rings. The molecule has 0 spiro atoms. The predicted molar refractivity (Wildman–Crippen MR) is 126 cm³/mol. The number of amides is 1. The van der Waals surface area contributed by atoms with Crippen molar-refractivity contribution in [3.8, 4) is 11.3 Å². The Hall–Kier alpha value is -2.62. The van der Waals surface area contributed by atoms with Crippen molar-refractivity contribution in [2.75, 3.05) is 37.2 Å². The zero-order valence-corrected chi connectivity index (χ0v) is 19.7. The Morgan fingerprint density at radius 2 is 1.78 bits per heavy atom. The van der Waals surface area contributed by atoms with E-state index in [0.29, 0.717) is 36.8 Å². The van der Waals surface area contributed by atoms with Crippen LogP contribution in [0, 0.1) is 0 Å². The number of halogens is 1. The molecule has 3 aromatic rings. The minimum Gasteiger partial charge on any atom is -0.340 e. The largest absolute Gasteiger partial charge is 0.340 e. The molecule has 1 N–H and O–H groups in total. The smallest absolute Gasteiger partial charge is 0.229 e. The Morgan fingerprint density at radius 3 is 2.41 bits per heavy atom. The van der Waals surface area contributed by atoms with Crippen LogP contribution in [0.25, 0.3) is 16.9 Å². The first-order chi connectivity index (χ1) is 15.2. The molecule has 2 aromatic heterocycles. The van der Waals surface area contributed by atoms with Crippen molar-refractivity contribution in [1.82, 2.24) is 19.2 Å². The first-order valence-electron chi connectivity index (χ1n) is 10.5. The number of rotatable bonds is 6. The van der Waals surface area contributed by atoms with Crippen molar-refractivity contribution < 1.29 is 13.2 Å². The van der Waals surface area contributed by atoms with Crippen LogP contribution in [0.4, 0.5) is 5.69 Å². The number of nitrogens with zero attached hydrogens (tertiary/aromatic N) is 4. The summed E-state index contributed by atoms with van der Waals surface area (Å²) in [5.41, 5.74) is 3.91. The van der Waals surface area contributed by atoms with Gasteiger partial charge in [0.2, 0.25) is 15.9 Å². The Labute approximate surface area is 192 Å². The van der Waals surface area contributed by atoms with Crippen LogP contribution in [0.5, 0.6) is 0 Å². The number of imidazole rings is 1. The highest BCUT2D eigenvalue weighted by Crippen LogP contribution is 2.28. The SMILES string of the molecule is CCC(=O)N1CCN(Cc2c(-c3ccc(Cl)cc3)nc3ccc(NS(C)(=O)=O)cn23)CC1.